The Morgan fingerprint density at radius 2 is 2.08 bits per heavy atom. The zero-order chi connectivity index (χ0) is 16.8. The van der Waals surface area contributed by atoms with E-state index in [1.54, 1.807) is 32.2 Å². The van der Waals surface area contributed by atoms with E-state index in [0.717, 1.165) is 33.8 Å². The average Bonchev–Trinajstić information content (AvgIpc) is 3.26. The van der Waals surface area contributed by atoms with Crippen LogP contribution >= 0.6 is 11.8 Å². The lowest BCUT2D eigenvalue weighted by Crippen LogP contribution is -2.04. The molecule has 0 N–H and O–H groups in total. The molecule has 0 saturated heterocycles. The van der Waals surface area contributed by atoms with Gasteiger partial charge in [-0.15, -0.1) is 10.2 Å². The maximum atomic E-state index is 5.49. The zero-order valence-corrected chi connectivity index (χ0v) is 14.5. The van der Waals surface area contributed by atoms with E-state index in [1.165, 1.54) is 0 Å². The molecule has 0 aliphatic rings. The van der Waals surface area contributed by atoms with Gasteiger partial charge in [-0.05, 0) is 24.3 Å². The van der Waals surface area contributed by atoms with Crippen molar-refractivity contribution in [2.75, 3.05) is 26.6 Å². The number of aromatic nitrogens is 3. The van der Waals surface area contributed by atoms with E-state index in [0.29, 0.717) is 13.2 Å². The highest BCUT2D eigenvalue weighted by Gasteiger charge is 2.16. The minimum Gasteiger partial charge on any atom is -0.497 e. The van der Waals surface area contributed by atoms with Crippen molar-refractivity contribution in [3.05, 3.63) is 48.4 Å². The van der Waals surface area contributed by atoms with Gasteiger partial charge in [-0.2, -0.15) is 0 Å². The minimum atomic E-state index is 0.571. The summed E-state index contributed by atoms with van der Waals surface area (Å²) >= 11 is 1.61. The first kappa shape index (κ1) is 16.6. The van der Waals surface area contributed by atoms with Crippen LogP contribution in [0.1, 0.15) is 5.76 Å². The Morgan fingerprint density at radius 3 is 2.83 bits per heavy atom. The van der Waals surface area contributed by atoms with E-state index < -0.39 is 0 Å². The number of thioether (sulfide) groups is 1. The molecular formula is C17H19N3O3S. The fourth-order valence-electron chi connectivity index (χ4n) is 2.29. The second kappa shape index (κ2) is 8.03. The summed E-state index contributed by atoms with van der Waals surface area (Å²) in [7, 11) is 3.34. The zero-order valence-electron chi connectivity index (χ0n) is 13.6. The van der Waals surface area contributed by atoms with Crippen molar-refractivity contribution in [3.8, 4) is 17.1 Å². The van der Waals surface area contributed by atoms with Crippen LogP contribution in [0.3, 0.4) is 0 Å². The number of hydrogen-bond donors (Lipinski definition) is 0. The first-order chi connectivity index (χ1) is 11.8. The molecule has 24 heavy (non-hydrogen) atoms. The summed E-state index contributed by atoms with van der Waals surface area (Å²) in [5, 5.41) is 9.55. The minimum absolute atomic E-state index is 0.571. The number of hydrogen-bond acceptors (Lipinski definition) is 6. The SMILES string of the molecule is COCCSc1nnc(-c2cccc(OC)c2)n1Cc1ccco1. The third-order valence-corrected chi connectivity index (χ3v) is 4.39. The van der Waals surface area contributed by atoms with E-state index >= 15 is 0 Å². The summed E-state index contributed by atoms with van der Waals surface area (Å²) < 4.78 is 18.0. The second-order valence-corrected chi connectivity index (χ2v) is 6.11. The van der Waals surface area contributed by atoms with Crippen LogP contribution in [-0.4, -0.2) is 41.3 Å². The van der Waals surface area contributed by atoms with E-state index in [4.69, 9.17) is 13.9 Å². The normalized spacial score (nSPS) is 10.9. The molecule has 0 radical (unpaired) electrons. The molecule has 0 fully saturated rings. The van der Waals surface area contributed by atoms with Crippen molar-refractivity contribution in [1.29, 1.82) is 0 Å². The maximum Gasteiger partial charge on any atom is 0.192 e. The van der Waals surface area contributed by atoms with Crippen LogP contribution in [0.15, 0.2) is 52.2 Å². The van der Waals surface area contributed by atoms with Gasteiger partial charge in [0.25, 0.3) is 0 Å². The number of nitrogens with zero attached hydrogens (tertiary/aromatic N) is 3. The Balaban J connectivity index is 1.94. The Hall–Kier alpha value is -2.25. The average molecular weight is 345 g/mol. The predicted molar refractivity (Wildman–Crippen MR) is 92.4 cm³/mol. The Labute approximate surface area is 144 Å². The lowest BCUT2D eigenvalue weighted by Gasteiger charge is -2.09. The smallest absolute Gasteiger partial charge is 0.192 e. The van der Waals surface area contributed by atoms with Gasteiger partial charge in [0.2, 0.25) is 0 Å². The predicted octanol–water partition coefficient (Wildman–Crippen LogP) is 3.33. The first-order valence-electron chi connectivity index (χ1n) is 7.53. The topological polar surface area (TPSA) is 62.3 Å². The molecule has 0 aliphatic heterocycles. The van der Waals surface area contributed by atoms with Gasteiger partial charge in [0, 0.05) is 18.4 Å². The van der Waals surface area contributed by atoms with Gasteiger partial charge in [-0.1, -0.05) is 23.9 Å². The van der Waals surface area contributed by atoms with Gasteiger partial charge in [0.15, 0.2) is 11.0 Å². The van der Waals surface area contributed by atoms with Crippen LogP contribution in [0.25, 0.3) is 11.4 Å². The molecule has 1 aromatic carbocycles. The molecule has 0 amide bonds. The Bertz CT molecular complexity index is 771. The molecule has 0 bridgehead atoms. The van der Waals surface area contributed by atoms with E-state index in [1.807, 2.05) is 41.0 Å². The van der Waals surface area contributed by atoms with Crippen LogP contribution < -0.4 is 4.74 Å². The molecule has 0 aliphatic carbocycles. The van der Waals surface area contributed by atoms with Crippen molar-refractivity contribution in [1.82, 2.24) is 14.8 Å². The van der Waals surface area contributed by atoms with Crippen LogP contribution in [0, 0.1) is 0 Å². The molecule has 3 rings (SSSR count). The second-order valence-electron chi connectivity index (χ2n) is 5.04. The summed E-state index contributed by atoms with van der Waals surface area (Å²) in [6.45, 7) is 1.23. The summed E-state index contributed by atoms with van der Waals surface area (Å²) in [6.07, 6.45) is 1.67. The fourth-order valence-corrected chi connectivity index (χ4v) is 3.13. The van der Waals surface area contributed by atoms with Gasteiger partial charge in [-0.3, -0.25) is 4.57 Å². The molecular weight excluding hydrogens is 326 g/mol. The van der Waals surface area contributed by atoms with Crippen LogP contribution in [-0.2, 0) is 11.3 Å². The number of benzene rings is 1. The lowest BCUT2D eigenvalue weighted by molar-refractivity contribution is 0.218. The van der Waals surface area contributed by atoms with Crippen LogP contribution in [0.2, 0.25) is 0 Å². The summed E-state index contributed by atoms with van der Waals surface area (Å²) in [5.74, 6) is 3.23. The molecule has 3 aromatic rings. The third-order valence-electron chi connectivity index (χ3n) is 3.46. The van der Waals surface area contributed by atoms with Crippen LogP contribution in [0.4, 0.5) is 0 Å². The van der Waals surface area contributed by atoms with Gasteiger partial charge in [0.05, 0.1) is 26.5 Å². The van der Waals surface area contributed by atoms with Gasteiger partial charge in [0.1, 0.15) is 11.5 Å². The van der Waals surface area contributed by atoms with E-state index in [-0.39, 0.29) is 0 Å². The molecule has 0 saturated carbocycles. The fraction of sp³-hybridized carbons (Fsp3) is 0.294. The first-order valence-corrected chi connectivity index (χ1v) is 8.52. The van der Waals surface area contributed by atoms with E-state index in [2.05, 4.69) is 10.2 Å². The monoisotopic (exact) mass is 345 g/mol. The molecule has 0 spiro atoms. The number of ether oxygens (including phenoxy) is 2. The standard InChI is InChI=1S/C17H19N3O3S/c1-21-9-10-24-17-19-18-16(13-5-3-6-14(11-13)22-2)20(17)12-15-7-4-8-23-15/h3-8,11H,9-10,12H2,1-2H3. The van der Waals surface area contributed by atoms with Crippen molar-refractivity contribution in [3.63, 3.8) is 0 Å². The lowest BCUT2D eigenvalue weighted by atomic mass is 10.2. The summed E-state index contributed by atoms with van der Waals surface area (Å²) in [6, 6.07) is 11.6. The van der Waals surface area contributed by atoms with Crippen molar-refractivity contribution in [2.45, 2.75) is 11.7 Å². The largest absolute Gasteiger partial charge is 0.497 e. The highest BCUT2D eigenvalue weighted by atomic mass is 32.2. The highest BCUT2D eigenvalue weighted by molar-refractivity contribution is 7.99. The molecule has 7 heteroatoms. The Kier molecular flexibility index (Phi) is 5.55. The van der Waals surface area contributed by atoms with Crippen molar-refractivity contribution in [2.24, 2.45) is 0 Å². The summed E-state index contributed by atoms with van der Waals surface area (Å²) in [5.41, 5.74) is 0.951. The number of methoxy groups -OCH3 is 2. The number of furan rings is 1. The molecule has 0 unspecified atom stereocenters. The molecule has 0 atom stereocenters. The van der Waals surface area contributed by atoms with Crippen molar-refractivity contribution < 1.29 is 13.9 Å². The third kappa shape index (κ3) is 3.80. The van der Waals surface area contributed by atoms with E-state index in [9.17, 15) is 0 Å². The van der Waals surface area contributed by atoms with Gasteiger partial charge >= 0.3 is 0 Å². The molecule has 2 aromatic heterocycles. The Morgan fingerprint density at radius 1 is 1.17 bits per heavy atom. The van der Waals surface area contributed by atoms with Crippen molar-refractivity contribution >= 4 is 11.8 Å². The molecule has 2 heterocycles. The van der Waals surface area contributed by atoms with Gasteiger partial charge in [-0.25, -0.2) is 0 Å². The molecule has 6 nitrogen and oxygen atoms in total. The van der Waals surface area contributed by atoms with Gasteiger partial charge < -0.3 is 13.9 Å². The van der Waals surface area contributed by atoms with Crippen LogP contribution in [0.5, 0.6) is 5.75 Å². The highest BCUT2D eigenvalue weighted by Crippen LogP contribution is 2.27. The summed E-state index contributed by atoms with van der Waals surface area (Å²) in [4.78, 5) is 0. The quantitative estimate of drug-likeness (QED) is 0.461. The molecule has 126 valence electrons. The maximum absolute atomic E-state index is 5.49. The number of rotatable bonds is 8.